The Morgan fingerprint density at radius 2 is 2.11 bits per heavy atom. The number of H-pyrrole nitrogens is 1. The van der Waals surface area contributed by atoms with Gasteiger partial charge in [0.25, 0.3) is 5.56 Å². The zero-order valence-electron chi connectivity index (χ0n) is 20.2. The molecule has 2 aliphatic heterocycles. The summed E-state index contributed by atoms with van der Waals surface area (Å²) in [7, 11) is -1.34. The largest absolute Gasteiger partial charge is 0.475 e. The first-order valence-electron chi connectivity index (χ1n) is 11.3. The normalized spacial score (nSPS) is 31.7. The average Bonchev–Trinajstić information content (AvgIpc) is 3.07. The lowest BCUT2D eigenvalue weighted by Gasteiger charge is -2.31. The van der Waals surface area contributed by atoms with Crippen molar-refractivity contribution < 1.29 is 36.8 Å². The fraction of sp³-hybridized carbons (Fsp3) is 0.500. The molecular weight excluding hydrogens is 536 g/mol. The maximum atomic E-state index is 16.1. The number of benzene rings is 1. The smallest absolute Gasteiger partial charge is 0.440 e. The number of carbonyl (C=O) groups is 1. The van der Waals surface area contributed by atoms with Gasteiger partial charge in [-0.25, -0.2) is 18.5 Å². The molecule has 0 aliphatic carbocycles. The molecule has 15 heteroatoms. The Bertz CT molecular complexity index is 1320. The lowest BCUT2D eigenvalue weighted by Crippen LogP contribution is -2.47. The molecule has 12 nitrogen and oxygen atoms in total. The van der Waals surface area contributed by atoms with Crippen LogP contribution >= 0.6 is 19.4 Å². The molecule has 0 bridgehead atoms. The topological polar surface area (TPSA) is 138 Å². The number of nitrogens with one attached hydrogen (secondary N) is 1. The van der Waals surface area contributed by atoms with Gasteiger partial charge in [0.1, 0.15) is 6.10 Å². The van der Waals surface area contributed by atoms with Gasteiger partial charge in [-0.05, 0) is 24.6 Å². The molecule has 1 amide bonds. The third-order valence-electron chi connectivity index (χ3n) is 5.88. The molecule has 1 N–H and O–H groups in total. The van der Waals surface area contributed by atoms with E-state index in [1.807, 2.05) is 4.98 Å². The zero-order chi connectivity index (χ0) is 27.0. The third-order valence-corrected chi connectivity index (χ3v) is 7.59. The van der Waals surface area contributed by atoms with Gasteiger partial charge < -0.3 is 14.4 Å². The second-order valence-corrected chi connectivity index (χ2v) is 11.0. The Morgan fingerprint density at radius 3 is 2.78 bits per heavy atom. The van der Waals surface area contributed by atoms with Crippen LogP contribution in [-0.4, -0.2) is 65.7 Å². The second-order valence-electron chi connectivity index (χ2n) is 8.91. The second kappa shape index (κ2) is 10.7. The number of amides is 1. The molecule has 0 radical (unpaired) electrons. The number of hydrogen-bond acceptors (Lipinski definition) is 9. The number of carbonyl (C=O) groups excluding carboxylic acids is 1. The van der Waals surface area contributed by atoms with E-state index in [-0.39, 0.29) is 6.61 Å². The van der Waals surface area contributed by atoms with Crippen LogP contribution in [0.1, 0.15) is 31.2 Å². The van der Waals surface area contributed by atoms with Gasteiger partial charge in [0.15, 0.2) is 18.0 Å². The summed E-state index contributed by atoms with van der Waals surface area (Å²) in [5, 5.41) is 0.471. The monoisotopic (exact) mass is 561 g/mol. The summed E-state index contributed by atoms with van der Waals surface area (Å²) < 4.78 is 57.6. The van der Waals surface area contributed by atoms with Crippen molar-refractivity contribution in [2.45, 2.75) is 43.6 Å². The number of ether oxygens (including phenoxy) is 2. The standard InChI is InChI=1S/C22H26ClFN3O9P/c1-22(24)18(35-21(30)26(2)3)16(34-19(22)27-9-7-17(28)25-20(27)29)12-33-37(31)32-10-8-15(36-37)13-5-4-6-14(23)11-13/h4-7,9,11,15-16,18-19H,8,10,12H2,1-3H3,(H,25,28,29)/t15-,16+,18+,19+,22+,37?/m0/s1. The lowest BCUT2D eigenvalue weighted by molar-refractivity contribution is -0.0656. The third kappa shape index (κ3) is 5.97. The Hall–Kier alpha value is -2.54. The summed E-state index contributed by atoms with van der Waals surface area (Å²) >= 11 is 6.05. The van der Waals surface area contributed by atoms with E-state index < -0.39 is 62.0 Å². The highest BCUT2D eigenvalue weighted by atomic mass is 35.5. The minimum absolute atomic E-state index is 0.0508. The van der Waals surface area contributed by atoms with Crippen molar-refractivity contribution in [3.05, 3.63) is 68.0 Å². The number of aromatic nitrogens is 2. The summed E-state index contributed by atoms with van der Waals surface area (Å²) in [6, 6.07) is 7.84. The van der Waals surface area contributed by atoms with Crippen molar-refractivity contribution in [1.29, 1.82) is 0 Å². The number of alkyl halides is 1. The number of aromatic amines is 1. The van der Waals surface area contributed by atoms with E-state index in [1.54, 1.807) is 24.3 Å². The molecule has 0 saturated carbocycles. The predicted molar refractivity (Wildman–Crippen MR) is 128 cm³/mol. The average molecular weight is 562 g/mol. The highest BCUT2D eigenvalue weighted by Crippen LogP contribution is 2.57. The van der Waals surface area contributed by atoms with Crippen LogP contribution in [0.4, 0.5) is 9.18 Å². The lowest BCUT2D eigenvalue weighted by atomic mass is 9.98. The highest BCUT2D eigenvalue weighted by molar-refractivity contribution is 7.48. The summed E-state index contributed by atoms with van der Waals surface area (Å²) in [4.78, 5) is 39.2. The quantitative estimate of drug-likeness (QED) is 0.527. The van der Waals surface area contributed by atoms with Gasteiger partial charge >= 0.3 is 19.6 Å². The molecular formula is C22H26ClFN3O9P. The van der Waals surface area contributed by atoms with Crippen LogP contribution in [0.2, 0.25) is 5.02 Å². The Morgan fingerprint density at radius 1 is 1.35 bits per heavy atom. The van der Waals surface area contributed by atoms with Crippen molar-refractivity contribution in [3.8, 4) is 0 Å². The van der Waals surface area contributed by atoms with E-state index in [0.29, 0.717) is 17.0 Å². The number of halogens is 2. The zero-order valence-corrected chi connectivity index (χ0v) is 21.8. The van der Waals surface area contributed by atoms with Gasteiger partial charge in [-0.15, -0.1) is 0 Å². The van der Waals surface area contributed by atoms with E-state index in [0.717, 1.165) is 28.7 Å². The maximum absolute atomic E-state index is 16.1. The molecule has 2 aliphatic rings. The van der Waals surface area contributed by atoms with Gasteiger partial charge in [-0.2, -0.15) is 0 Å². The minimum Gasteiger partial charge on any atom is -0.440 e. The first kappa shape index (κ1) is 27.5. The van der Waals surface area contributed by atoms with Crippen molar-refractivity contribution in [2.75, 3.05) is 27.3 Å². The molecule has 4 rings (SSSR count). The highest BCUT2D eigenvalue weighted by Gasteiger charge is 2.59. The van der Waals surface area contributed by atoms with Crippen LogP contribution in [-0.2, 0) is 27.6 Å². The number of rotatable bonds is 6. The van der Waals surface area contributed by atoms with E-state index >= 15 is 4.39 Å². The Kier molecular flexibility index (Phi) is 7.93. The summed E-state index contributed by atoms with van der Waals surface area (Å²) in [6.07, 6.45) is -4.60. The van der Waals surface area contributed by atoms with Crippen LogP contribution in [0.25, 0.3) is 0 Å². The minimum atomic E-state index is -4.14. The van der Waals surface area contributed by atoms with Gasteiger partial charge in [0, 0.05) is 37.8 Å². The number of hydrogen-bond donors (Lipinski definition) is 1. The molecule has 2 fully saturated rings. The fourth-order valence-electron chi connectivity index (χ4n) is 4.03. The van der Waals surface area contributed by atoms with Crippen molar-refractivity contribution >= 4 is 25.5 Å². The van der Waals surface area contributed by atoms with Crippen molar-refractivity contribution in [2.24, 2.45) is 0 Å². The van der Waals surface area contributed by atoms with Gasteiger partial charge in [0.2, 0.25) is 0 Å². The van der Waals surface area contributed by atoms with Crippen molar-refractivity contribution in [1.82, 2.24) is 14.5 Å². The van der Waals surface area contributed by atoms with Crippen LogP contribution in [0.3, 0.4) is 0 Å². The fourth-order valence-corrected chi connectivity index (χ4v) is 5.62. The summed E-state index contributed by atoms with van der Waals surface area (Å²) in [6.45, 7) is 0.558. The molecule has 1 aromatic carbocycles. The molecule has 3 heterocycles. The maximum Gasteiger partial charge on any atom is 0.475 e. The molecule has 2 saturated heterocycles. The summed E-state index contributed by atoms with van der Waals surface area (Å²) in [5.74, 6) is 0. The predicted octanol–water partition coefficient (Wildman–Crippen LogP) is 3.19. The first-order chi connectivity index (χ1) is 17.4. The van der Waals surface area contributed by atoms with E-state index in [4.69, 9.17) is 34.6 Å². The van der Waals surface area contributed by atoms with Gasteiger partial charge in [0.05, 0.1) is 19.3 Å². The Labute approximate surface area is 215 Å². The SMILES string of the molecule is CN(C)C(=O)O[C@@H]1[C@@H](COP2(=O)OCC[C@@H](c3cccc(Cl)c3)O2)O[C@@H](n2ccc(=O)[nH]c2=O)[C@]1(C)F. The van der Waals surface area contributed by atoms with E-state index in [2.05, 4.69) is 0 Å². The first-order valence-corrected chi connectivity index (χ1v) is 13.1. The molecule has 2 aromatic rings. The van der Waals surface area contributed by atoms with Crippen LogP contribution in [0.5, 0.6) is 0 Å². The van der Waals surface area contributed by atoms with Crippen LogP contribution in [0, 0.1) is 0 Å². The summed E-state index contributed by atoms with van der Waals surface area (Å²) in [5.41, 5.74) is -3.41. The molecule has 1 aromatic heterocycles. The molecule has 37 heavy (non-hydrogen) atoms. The van der Waals surface area contributed by atoms with Gasteiger partial charge in [-0.3, -0.25) is 27.9 Å². The number of phosphoric acid groups is 1. The molecule has 202 valence electrons. The van der Waals surface area contributed by atoms with Crippen molar-refractivity contribution in [3.63, 3.8) is 0 Å². The van der Waals surface area contributed by atoms with E-state index in [9.17, 15) is 18.9 Å². The van der Waals surface area contributed by atoms with E-state index in [1.165, 1.54) is 14.1 Å². The molecule has 0 spiro atoms. The molecule has 1 unspecified atom stereocenters. The number of phosphoric ester groups is 1. The molecule has 6 atom stereocenters. The van der Waals surface area contributed by atoms with Gasteiger partial charge in [-0.1, -0.05) is 23.7 Å². The number of nitrogens with zero attached hydrogens (tertiary/aromatic N) is 2. The van der Waals surface area contributed by atoms with Crippen LogP contribution in [0.15, 0.2) is 46.1 Å². The van der Waals surface area contributed by atoms with Crippen LogP contribution < -0.4 is 11.2 Å². The Balaban J connectivity index is 1.56.